The summed E-state index contributed by atoms with van der Waals surface area (Å²) in [6.45, 7) is 0.752. The van der Waals surface area contributed by atoms with Crippen LogP contribution in [0.2, 0.25) is 0 Å². The number of hydrogen-bond donors (Lipinski definition) is 0. The summed E-state index contributed by atoms with van der Waals surface area (Å²) in [5.74, 6) is 1.59. The molecule has 0 unspecified atom stereocenters. The molecule has 4 aromatic rings. The highest BCUT2D eigenvalue weighted by Crippen LogP contribution is 2.21. The highest BCUT2D eigenvalue weighted by Gasteiger charge is 2.09. The Kier molecular flexibility index (Phi) is 5.82. The summed E-state index contributed by atoms with van der Waals surface area (Å²) in [7, 11) is 1.79. The smallest absolute Gasteiger partial charge is 0.262 e. The van der Waals surface area contributed by atoms with Crippen molar-refractivity contribution < 1.29 is 0 Å². The van der Waals surface area contributed by atoms with Gasteiger partial charge in [0.05, 0.1) is 11.9 Å². The third-order valence-electron chi connectivity index (χ3n) is 4.38. The lowest BCUT2D eigenvalue weighted by Crippen LogP contribution is -2.19. The second-order valence-corrected chi connectivity index (χ2v) is 8.34. The Labute approximate surface area is 170 Å². The van der Waals surface area contributed by atoms with E-state index in [1.54, 1.807) is 28.2 Å². The molecule has 0 saturated heterocycles. The first-order valence-electron chi connectivity index (χ1n) is 9.12. The van der Waals surface area contributed by atoms with Gasteiger partial charge < -0.3 is 0 Å². The zero-order chi connectivity index (χ0) is 19.3. The maximum absolute atomic E-state index is 12.3. The van der Waals surface area contributed by atoms with Crippen LogP contribution in [-0.2, 0) is 13.6 Å². The Bertz CT molecular complexity index is 1120. The predicted octanol–water partition coefficient (Wildman–Crippen LogP) is 3.61. The molecular weight excluding hydrogens is 392 g/mol. The van der Waals surface area contributed by atoms with Crippen molar-refractivity contribution in [3.05, 3.63) is 52.1 Å². The van der Waals surface area contributed by atoms with Crippen molar-refractivity contribution in [1.82, 2.24) is 29.8 Å². The summed E-state index contributed by atoms with van der Waals surface area (Å²) in [5.41, 5.74) is 1.01. The Morgan fingerprint density at radius 3 is 2.82 bits per heavy atom. The monoisotopic (exact) mass is 412 g/mol. The first-order chi connectivity index (χ1) is 13.7. The number of thiophene rings is 1. The highest BCUT2D eigenvalue weighted by molar-refractivity contribution is 7.99. The van der Waals surface area contributed by atoms with Crippen LogP contribution in [0.15, 0.2) is 51.7 Å². The fourth-order valence-electron chi connectivity index (χ4n) is 2.85. The van der Waals surface area contributed by atoms with Gasteiger partial charge in [0.25, 0.3) is 5.56 Å². The number of benzene rings is 1. The van der Waals surface area contributed by atoms with Gasteiger partial charge in [0.1, 0.15) is 4.83 Å². The molecule has 4 rings (SSSR count). The van der Waals surface area contributed by atoms with Gasteiger partial charge in [0.2, 0.25) is 5.82 Å². The molecule has 1 aromatic carbocycles. The molecule has 0 N–H and O–H groups in total. The molecule has 0 radical (unpaired) electrons. The molecule has 0 amide bonds. The number of unbranched alkanes of at least 4 members (excludes halogenated alkanes) is 2. The summed E-state index contributed by atoms with van der Waals surface area (Å²) in [6.07, 6.45) is 3.09. The maximum atomic E-state index is 12.3. The van der Waals surface area contributed by atoms with Gasteiger partial charge in [0.15, 0.2) is 5.16 Å². The Hall–Kier alpha value is -2.52. The lowest BCUT2D eigenvalue weighted by molar-refractivity contribution is 0.487. The second kappa shape index (κ2) is 8.66. The van der Waals surface area contributed by atoms with Crippen molar-refractivity contribution >= 4 is 33.3 Å². The van der Waals surface area contributed by atoms with E-state index in [-0.39, 0.29) is 5.56 Å². The summed E-state index contributed by atoms with van der Waals surface area (Å²) in [4.78, 5) is 19.4. The molecule has 0 saturated carbocycles. The van der Waals surface area contributed by atoms with Gasteiger partial charge in [0, 0.05) is 18.4 Å². The lowest BCUT2D eigenvalue weighted by Gasteiger charge is -2.06. The van der Waals surface area contributed by atoms with Crippen LogP contribution in [0.4, 0.5) is 0 Å². The van der Waals surface area contributed by atoms with Crippen molar-refractivity contribution in [2.45, 2.75) is 31.0 Å². The topological polar surface area (TPSA) is 78.5 Å². The van der Waals surface area contributed by atoms with Gasteiger partial charge in [-0.1, -0.05) is 48.5 Å². The van der Waals surface area contributed by atoms with E-state index in [1.807, 2.05) is 41.8 Å². The quantitative estimate of drug-likeness (QED) is 0.250. The van der Waals surface area contributed by atoms with Crippen molar-refractivity contribution in [1.29, 1.82) is 0 Å². The van der Waals surface area contributed by atoms with Crippen molar-refractivity contribution in [2.75, 3.05) is 5.75 Å². The van der Waals surface area contributed by atoms with E-state index >= 15 is 0 Å². The summed E-state index contributed by atoms with van der Waals surface area (Å²) in [6, 6.07) is 11.7. The number of tetrazole rings is 1. The van der Waals surface area contributed by atoms with Crippen molar-refractivity contribution in [3.63, 3.8) is 0 Å². The number of aromatic nitrogens is 6. The van der Waals surface area contributed by atoms with E-state index in [4.69, 9.17) is 0 Å². The Morgan fingerprint density at radius 2 is 1.96 bits per heavy atom. The van der Waals surface area contributed by atoms with E-state index in [0.717, 1.165) is 47.1 Å². The highest BCUT2D eigenvalue weighted by atomic mass is 32.2. The molecule has 144 valence electrons. The van der Waals surface area contributed by atoms with Crippen LogP contribution in [0, 0.1) is 0 Å². The van der Waals surface area contributed by atoms with Crippen LogP contribution in [0.1, 0.15) is 19.3 Å². The van der Waals surface area contributed by atoms with Gasteiger partial charge in [-0.25, -0.2) is 4.98 Å². The minimum atomic E-state index is 0.0280. The first kappa shape index (κ1) is 18.8. The minimum Gasteiger partial charge on any atom is -0.290 e. The Balaban J connectivity index is 1.23. The number of fused-ring (bicyclic) bond motifs is 1. The van der Waals surface area contributed by atoms with E-state index in [1.165, 1.54) is 11.3 Å². The number of thioether (sulfide) groups is 1. The lowest BCUT2D eigenvalue weighted by atomic mass is 10.2. The molecule has 0 fully saturated rings. The number of rotatable bonds is 8. The van der Waals surface area contributed by atoms with Crippen molar-refractivity contribution in [2.24, 2.45) is 7.05 Å². The third-order valence-corrected chi connectivity index (χ3v) is 6.31. The van der Waals surface area contributed by atoms with Gasteiger partial charge in [-0.15, -0.1) is 21.5 Å². The van der Waals surface area contributed by atoms with Crippen LogP contribution in [0.5, 0.6) is 0 Å². The molecule has 7 nitrogen and oxygen atoms in total. The largest absolute Gasteiger partial charge is 0.290 e. The standard InChI is InChI=1S/C19H20N6OS2/c1-24-18(26)15-10-13-27-17(15)20-19(24)28-12-7-3-6-11-25-22-16(21-23-25)14-8-4-2-5-9-14/h2,4-5,8-10,13H,3,6-7,11-12H2,1H3. The Morgan fingerprint density at radius 1 is 1.11 bits per heavy atom. The SMILES string of the molecule is Cn1c(SCCCCCn2nnc(-c3ccccc3)n2)nc2sccc2c1=O. The van der Waals surface area contributed by atoms with E-state index in [2.05, 4.69) is 20.4 Å². The minimum absolute atomic E-state index is 0.0280. The van der Waals surface area contributed by atoms with Crippen LogP contribution in [0.25, 0.3) is 21.6 Å². The van der Waals surface area contributed by atoms with Crippen molar-refractivity contribution in [3.8, 4) is 11.4 Å². The van der Waals surface area contributed by atoms with Crippen LogP contribution >= 0.6 is 23.1 Å². The van der Waals surface area contributed by atoms with E-state index in [0.29, 0.717) is 11.2 Å². The molecule has 3 heterocycles. The molecule has 0 aliphatic heterocycles. The number of hydrogen-bond acceptors (Lipinski definition) is 7. The molecule has 28 heavy (non-hydrogen) atoms. The van der Waals surface area contributed by atoms with Gasteiger partial charge in [-0.05, 0) is 29.5 Å². The van der Waals surface area contributed by atoms with Gasteiger partial charge in [-0.3, -0.25) is 9.36 Å². The van der Waals surface area contributed by atoms with Crippen LogP contribution in [0.3, 0.4) is 0 Å². The fraction of sp³-hybridized carbons (Fsp3) is 0.316. The zero-order valence-electron chi connectivity index (χ0n) is 15.5. The molecule has 0 atom stereocenters. The molecule has 0 aliphatic rings. The predicted molar refractivity (Wildman–Crippen MR) is 113 cm³/mol. The molecule has 0 aliphatic carbocycles. The summed E-state index contributed by atoms with van der Waals surface area (Å²) < 4.78 is 1.64. The normalized spacial score (nSPS) is 11.3. The summed E-state index contributed by atoms with van der Waals surface area (Å²) in [5, 5.41) is 16.1. The molecule has 3 aromatic heterocycles. The zero-order valence-corrected chi connectivity index (χ0v) is 17.1. The van der Waals surface area contributed by atoms with E-state index < -0.39 is 0 Å². The van der Waals surface area contributed by atoms with Gasteiger partial charge in [-0.2, -0.15) is 4.80 Å². The molecule has 0 bridgehead atoms. The average Bonchev–Trinajstić information content (AvgIpc) is 3.38. The number of aryl methyl sites for hydroxylation is 1. The molecular formula is C19H20N6OS2. The fourth-order valence-corrected chi connectivity index (χ4v) is 4.62. The maximum Gasteiger partial charge on any atom is 0.262 e. The van der Waals surface area contributed by atoms with Gasteiger partial charge >= 0.3 is 0 Å². The van der Waals surface area contributed by atoms with E-state index in [9.17, 15) is 4.79 Å². The average molecular weight is 413 g/mol. The third kappa shape index (κ3) is 4.15. The van der Waals surface area contributed by atoms with Crippen LogP contribution in [-0.4, -0.2) is 35.5 Å². The molecule has 0 spiro atoms. The number of nitrogens with zero attached hydrogens (tertiary/aromatic N) is 6. The first-order valence-corrected chi connectivity index (χ1v) is 11.0. The summed E-state index contributed by atoms with van der Waals surface area (Å²) >= 11 is 3.14. The molecule has 9 heteroatoms. The van der Waals surface area contributed by atoms with Crippen LogP contribution < -0.4 is 5.56 Å². The second-order valence-electron chi connectivity index (χ2n) is 6.38.